The zero-order valence-corrected chi connectivity index (χ0v) is 40.3. The highest BCUT2D eigenvalue weighted by Crippen LogP contribution is 2.42. The van der Waals surface area contributed by atoms with Crippen LogP contribution in [0.3, 0.4) is 0 Å². The van der Waals surface area contributed by atoms with E-state index < -0.39 is 138 Å². The number of carbonyl (C=O) groups excluding carboxylic acids is 2. The van der Waals surface area contributed by atoms with Crippen LogP contribution in [-0.4, -0.2) is 194 Å². The van der Waals surface area contributed by atoms with E-state index in [1.165, 1.54) is 21.1 Å². The summed E-state index contributed by atoms with van der Waals surface area (Å²) < 4.78 is 43.9. The van der Waals surface area contributed by atoms with Crippen molar-refractivity contribution >= 4 is 29.7 Å². The lowest BCUT2D eigenvalue weighted by Gasteiger charge is -2.50. The normalized spacial score (nSPS) is 41.4. The summed E-state index contributed by atoms with van der Waals surface area (Å²) in [7, 11) is 6.77. The number of rotatable bonds is 13. The first-order valence-corrected chi connectivity index (χ1v) is 22.1. The largest absolute Gasteiger partial charge is 0.481 e. The average Bonchev–Trinajstić information content (AvgIpc) is 3.21. The number of hydrogen-bond donors (Lipinski definition) is 8. The Kier molecular flexibility index (Phi) is 20.9. The Labute approximate surface area is 381 Å². The third kappa shape index (κ3) is 14.1. The summed E-state index contributed by atoms with van der Waals surface area (Å²) in [5.41, 5.74) is -6.98. The van der Waals surface area contributed by atoms with Crippen LogP contribution in [0.15, 0.2) is 0 Å². The van der Waals surface area contributed by atoms with Gasteiger partial charge < -0.3 is 78.9 Å². The molecule has 0 aromatic rings. The minimum atomic E-state index is -2.74. The van der Waals surface area contributed by atoms with Gasteiger partial charge in [0.05, 0.1) is 60.5 Å². The minimum absolute atomic E-state index is 0.111. The van der Waals surface area contributed by atoms with Crippen molar-refractivity contribution in [1.82, 2.24) is 4.90 Å². The van der Waals surface area contributed by atoms with Crippen molar-refractivity contribution in [2.45, 2.75) is 198 Å². The van der Waals surface area contributed by atoms with Gasteiger partial charge in [-0.25, -0.2) is 4.79 Å². The van der Waals surface area contributed by atoms with E-state index in [4.69, 9.17) is 53.6 Å². The predicted octanol–water partition coefficient (Wildman–Crippen LogP) is 1.19. The van der Waals surface area contributed by atoms with Crippen molar-refractivity contribution in [3.8, 4) is 0 Å². The van der Waals surface area contributed by atoms with Gasteiger partial charge in [-0.1, -0.05) is 27.7 Å². The van der Waals surface area contributed by atoms with Crippen molar-refractivity contribution in [3.05, 3.63) is 0 Å². The lowest BCUT2D eigenvalue weighted by Crippen LogP contribution is -2.61. The fourth-order valence-electron chi connectivity index (χ4n) is 9.30. The second-order valence-corrected chi connectivity index (χ2v) is 19.1. The van der Waals surface area contributed by atoms with E-state index >= 15 is 0 Å². The molecule has 8 N–H and O–H groups in total. The van der Waals surface area contributed by atoms with E-state index in [-0.39, 0.29) is 37.2 Å². The lowest BCUT2D eigenvalue weighted by atomic mass is 9.74. The van der Waals surface area contributed by atoms with Gasteiger partial charge in [-0.15, -0.1) is 0 Å². The number of carbonyl (C=O) groups is 5. The third-order valence-electron chi connectivity index (χ3n) is 13.6. The number of hydrogen-bond acceptors (Lipinski definition) is 18. The van der Waals surface area contributed by atoms with Crippen molar-refractivity contribution in [2.24, 2.45) is 23.7 Å². The first-order chi connectivity index (χ1) is 29.8. The van der Waals surface area contributed by atoms with E-state index in [9.17, 15) is 44.4 Å². The number of aliphatic hydroxyl groups is 5. The third-order valence-corrected chi connectivity index (χ3v) is 13.6. The van der Waals surface area contributed by atoms with Crippen LogP contribution < -0.4 is 0 Å². The van der Waals surface area contributed by atoms with Gasteiger partial charge in [-0.3, -0.25) is 19.2 Å². The van der Waals surface area contributed by atoms with Crippen molar-refractivity contribution in [1.29, 1.82) is 0 Å². The maximum absolute atomic E-state index is 14.2. The fourth-order valence-corrected chi connectivity index (χ4v) is 9.30. The van der Waals surface area contributed by atoms with Crippen LogP contribution in [0.2, 0.25) is 0 Å². The molecule has 0 amide bonds. The molecular weight excluding hydrogens is 862 g/mol. The molecule has 3 fully saturated rings. The number of aliphatic hydroxyl groups excluding tert-OH is 3. The molecule has 3 rings (SSSR count). The quantitative estimate of drug-likeness (QED) is 0.120. The second kappa shape index (κ2) is 23.4. The number of aliphatic carboxylic acids is 3. The predicted molar refractivity (Wildman–Crippen MR) is 228 cm³/mol. The number of cyclic esters (lactones) is 1. The fraction of sp³-hybridized carbons (Fsp3) is 0.886. The van der Waals surface area contributed by atoms with Gasteiger partial charge in [0, 0.05) is 44.4 Å². The zero-order valence-electron chi connectivity index (χ0n) is 40.3. The summed E-state index contributed by atoms with van der Waals surface area (Å²) >= 11 is 0. The van der Waals surface area contributed by atoms with Gasteiger partial charge in [0.25, 0.3) is 0 Å². The molecule has 0 aromatic heterocycles. The van der Waals surface area contributed by atoms with E-state index in [0.717, 1.165) is 0 Å². The van der Waals surface area contributed by atoms with E-state index in [1.54, 1.807) is 48.5 Å². The number of likely N-dealkylation sites (N-methyl/N-ethyl adjacent to an activating group) is 1. The van der Waals surface area contributed by atoms with Crippen LogP contribution >= 0.6 is 0 Å². The summed E-state index contributed by atoms with van der Waals surface area (Å²) in [6.45, 7) is 17.1. The molecule has 18 atom stereocenters. The molecule has 0 bridgehead atoms. The number of ketones is 1. The first-order valence-electron chi connectivity index (χ1n) is 22.1. The first kappa shape index (κ1) is 58.2. The molecule has 0 spiro atoms. The molecule has 0 saturated carbocycles. The molecule has 65 heavy (non-hydrogen) atoms. The number of carboxylic acid groups (broad SMARTS) is 3. The van der Waals surface area contributed by atoms with Gasteiger partial charge in [0.15, 0.2) is 18.2 Å². The second-order valence-electron chi connectivity index (χ2n) is 19.1. The van der Waals surface area contributed by atoms with Crippen LogP contribution in [0.5, 0.6) is 0 Å². The molecule has 378 valence electrons. The Bertz CT molecular complexity index is 1600. The van der Waals surface area contributed by atoms with Gasteiger partial charge in [0.1, 0.15) is 29.7 Å². The van der Waals surface area contributed by atoms with Crippen LogP contribution in [0.25, 0.3) is 0 Å². The number of Topliss-reactive ketones (excluding diaryl/α,β-unsaturated/α-hetero) is 1. The van der Waals surface area contributed by atoms with Gasteiger partial charge in [-0.05, 0) is 74.9 Å². The van der Waals surface area contributed by atoms with Crippen molar-refractivity contribution < 1.29 is 98.0 Å². The molecule has 21 nitrogen and oxygen atoms in total. The Hall–Kier alpha value is -2.93. The highest BCUT2D eigenvalue weighted by molar-refractivity contribution is 5.88. The van der Waals surface area contributed by atoms with Gasteiger partial charge >= 0.3 is 23.9 Å². The molecule has 0 aromatic carbocycles. The van der Waals surface area contributed by atoms with Crippen LogP contribution in [0.1, 0.15) is 108 Å². The zero-order chi connectivity index (χ0) is 50.3. The summed E-state index contributed by atoms with van der Waals surface area (Å²) in [5, 5.41) is 79.4. The number of ether oxygens (including phenoxy) is 7. The monoisotopic (exact) mass is 940 g/mol. The molecule has 3 saturated heterocycles. The van der Waals surface area contributed by atoms with E-state index in [0.29, 0.717) is 6.42 Å². The maximum Gasteiger partial charge on any atom is 0.336 e. The average molecular weight is 940 g/mol. The Morgan fingerprint density at radius 3 is 1.82 bits per heavy atom. The molecule has 3 aliphatic heterocycles. The molecule has 3 aliphatic rings. The minimum Gasteiger partial charge on any atom is -0.481 e. The van der Waals surface area contributed by atoms with E-state index in [2.05, 4.69) is 0 Å². The van der Waals surface area contributed by atoms with Gasteiger partial charge in [-0.2, -0.15) is 0 Å². The molecule has 3 heterocycles. The highest BCUT2D eigenvalue weighted by atomic mass is 16.7. The molecule has 0 unspecified atom stereocenters. The Balaban J connectivity index is 0.000000965. The summed E-state index contributed by atoms with van der Waals surface area (Å²) in [4.78, 5) is 60.6. The molecular formula is C44H77NO20. The van der Waals surface area contributed by atoms with Crippen LogP contribution in [0.4, 0.5) is 0 Å². The number of carboxylic acids is 3. The lowest BCUT2D eigenvalue weighted by molar-refractivity contribution is -0.319. The van der Waals surface area contributed by atoms with Gasteiger partial charge in [0.2, 0.25) is 0 Å². The standard InChI is InChI=1S/C38H69NO13.C6H8O7/c1-15-26-38(10,45)31(42)21(4)28(40)19(2)17-37(9,47-14)33(52-35-29(41)25(39(11)12)16-20(3)48-35)22(5)30(23(6)34(44)50-26)51-27-18-36(8,46-13)32(43)24(7)49-27;7-3(8)1-6(13,5(11)12)2-4(9)10/h19-27,29-33,35,41-43,45H,15-18H2,1-14H3;13H,1-2H2,(H,7,8)(H,9,10)(H,11,12)/t19-,20-,21+,22+,23-,24+,25+,26-,27+,29-,30+,31-,32+,33-,35+,36-,37-,38-;/m1./s1. The SMILES string of the molecule is CC[C@H]1OC(=O)[C@H](C)[C@@H](O[C@H]2C[C@@](C)(OC)[C@@H](O)[C@H](C)O2)[C@H](C)[C@@H](O[C@@H]2O[C@H](C)C[C@H](N(C)C)[C@H]2O)[C@](C)(OC)C[C@@H](C)C(=O)[C@H](C)[C@@H](O)[C@]1(C)O.O=C(O)CC(O)(CC(=O)O)C(=O)O. The Morgan fingerprint density at radius 1 is 0.815 bits per heavy atom. The van der Waals surface area contributed by atoms with Crippen LogP contribution in [-0.2, 0) is 57.1 Å². The number of esters is 1. The maximum atomic E-state index is 14.2. The topological polar surface area (TPSA) is 315 Å². The number of methoxy groups -OCH3 is 2. The summed E-state index contributed by atoms with van der Waals surface area (Å²) in [6, 6.07) is -0.283. The van der Waals surface area contributed by atoms with Crippen molar-refractivity contribution in [3.63, 3.8) is 0 Å². The van der Waals surface area contributed by atoms with Crippen molar-refractivity contribution in [2.75, 3.05) is 28.3 Å². The molecule has 0 aliphatic carbocycles. The smallest absolute Gasteiger partial charge is 0.336 e. The number of nitrogens with zero attached hydrogens (tertiary/aromatic N) is 1. The summed E-state index contributed by atoms with van der Waals surface area (Å²) in [6.07, 6.45) is -11.0. The van der Waals surface area contributed by atoms with Crippen LogP contribution in [0, 0.1) is 23.7 Å². The Morgan fingerprint density at radius 2 is 1.35 bits per heavy atom. The summed E-state index contributed by atoms with van der Waals surface area (Å²) in [5.74, 6) is -9.49. The molecule has 21 heteroatoms. The van der Waals surface area contributed by atoms with E-state index in [1.807, 2.05) is 32.8 Å². The highest BCUT2D eigenvalue weighted by Gasteiger charge is 2.54. The molecule has 0 radical (unpaired) electrons.